The van der Waals surface area contributed by atoms with Gasteiger partial charge in [0.2, 0.25) is 6.79 Å². The summed E-state index contributed by atoms with van der Waals surface area (Å²) in [5, 5.41) is 4.21. The molecule has 1 aliphatic heterocycles. The molecule has 1 aromatic heterocycles. The lowest BCUT2D eigenvalue weighted by Crippen LogP contribution is -2.19. The highest BCUT2D eigenvalue weighted by atomic mass is 16.7. The van der Waals surface area contributed by atoms with Crippen LogP contribution in [0, 0.1) is 6.92 Å². The molecule has 0 fully saturated rings. The largest absolute Gasteiger partial charge is 0.454 e. The molecule has 0 atom stereocenters. The number of nitrogens with one attached hydrogen (secondary N) is 1. The third-order valence-electron chi connectivity index (χ3n) is 4.63. The minimum absolute atomic E-state index is 0.224. The number of amides is 1. The van der Waals surface area contributed by atoms with Crippen molar-refractivity contribution in [2.75, 3.05) is 6.79 Å². The first-order chi connectivity index (χ1) is 13.1. The number of hydrogen-bond acceptors (Lipinski definition) is 5. The van der Waals surface area contributed by atoms with E-state index >= 15 is 0 Å². The fourth-order valence-electron chi connectivity index (χ4n) is 3.18. The van der Waals surface area contributed by atoms with Gasteiger partial charge in [0, 0.05) is 17.7 Å². The number of aryl methyl sites for hydroxylation is 2. The van der Waals surface area contributed by atoms with E-state index in [1.54, 1.807) is 12.1 Å². The molecule has 0 saturated heterocycles. The average Bonchev–Trinajstić information content (AvgIpc) is 3.27. The molecule has 138 valence electrons. The van der Waals surface area contributed by atoms with Crippen molar-refractivity contribution >= 4 is 22.7 Å². The molecule has 0 radical (unpaired) electrons. The quantitative estimate of drug-likeness (QED) is 0.569. The predicted molar refractivity (Wildman–Crippen MR) is 102 cm³/mol. The second kappa shape index (κ2) is 6.75. The van der Waals surface area contributed by atoms with E-state index in [4.69, 9.17) is 9.47 Å². The lowest BCUT2D eigenvalue weighted by Gasteiger charge is -2.05. The number of carbonyl (C=O) groups is 1. The molecular weight excluding hydrogens is 344 g/mol. The molecule has 4 rings (SSSR count). The number of carbonyl (C=O) groups excluding carboxylic acids is 1. The summed E-state index contributed by atoms with van der Waals surface area (Å²) < 4.78 is 12.8. The van der Waals surface area contributed by atoms with Crippen LogP contribution in [0.4, 0.5) is 0 Å². The van der Waals surface area contributed by atoms with Crippen molar-refractivity contribution in [2.24, 2.45) is 5.10 Å². The first-order valence-electron chi connectivity index (χ1n) is 8.78. The van der Waals surface area contributed by atoms with Crippen LogP contribution >= 0.6 is 0 Å². The molecule has 0 aliphatic carbocycles. The number of rotatable bonds is 4. The van der Waals surface area contributed by atoms with Crippen LogP contribution in [-0.4, -0.2) is 28.0 Å². The summed E-state index contributed by atoms with van der Waals surface area (Å²) in [7, 11) is 0. The second-order valence-electron chi connectivity index (χ2n) is 6.31. The Morgan fingerprint density at radius 2 is 1.96 bits per heavy atom. The number of hydrogen-bond donors (Lipinski definition) is 1. The second-order valence-corrected chi connectivity index (χ2v) is 6.31. The smallest absolute Gasteiger partial charge is 0.271 e. The van der Waals surface area contributed by atoms with Crippen molar-refractivity contribution in [3.05, 3.63) is 53.3 Å². The maximum atomic E-state index is 12.5. The molecule has 0 saturated carbocycles. The Hall–Kier alpha value is -3.35. The maximum Gasteiger partial charge on any atom is 0.271 e. The van der Waals surface area contributed by atoms with Crippen molar-refractivity contribution in [2.45, 2.75) is 27.3 Å². The Labute approximate surface area is 156 Å². The maximum absolute atomic E-state index is 12.5. The Balaban J connectivity index is 1.53. The summed E-state index contributed by atoms with van der Waals surface area (Å²) in [5.41, 5.74) is 6.48. The van der Waals surface area contributed by atoms with Gasteiger partial charge in [-0.2, -0.15) is 5.10 Å². The molecule has 1 aliphatic rings. The lowest BCUT2D eigenvalue weighted by atomic mass is 10.1. The van der Waals surface area contributed by atoms with Gasteiger partial charge in [0.1, 0.15) is 5.82 Å². The zero-order valence-electron chi connectivity index (χ0n) is 15.4. The van der Waals surface area contributed by atoms with Crippen molar-refractivity contribution in [1.29, 1.82) is 0 Å². The van der Waals surface area contributed by atoms with Crippen LogP contribution in [0.15, 0.2) is 41.5 Å². The van der Waals surface area contributed by atoms with Gasteiger partial charge in [-0.3, -0.25) is 4.79 Å². The van der Waals surface area contributed by atoms with Crippen LogP contribution in [0.2, 0.25) is 0 Å². The number of aromatic nitrogens is 2. The highest BCUT2D eigenvalue weighted by molar-refractivity contribution is 6.02. The number of ether oxygens (including phenoxy) is 2. The average molecular weight is 364 g/mol. The van der Waals surface area contributed by atoms with Crippen molar-refractivity contribution < 1.29 is 14.3 Å². The van der Waals surface area contributed by atoms with Gasteiger partial charge < -0.3 is 14.0 Å². The molecule has 2 heterocycles. The SMILES string of the molecule is CCn1c(C)nc2cc(C(=O)NN=C(C)c3ccc4c(c3)OCO4)ccc21. The van der Waals surface area contributed by atoms with Crippen LogP contribution in [0.3, 0.4) is 0 Å². The first-order valence-corrected chi connectivity index (χ1v) is 8.78. The van der Waals surface area contributed by atoms with Crippen LogP contribution in [0.5, 0.6) is 11.5 Å². The third-order valence-corrected chi connectivity index (χ3v) is 4.63. The van der Waals surface area contributed by atoms with Gasteiger partial charge in [0.25, 0.3) is 5.91 Å². The van der Waals surface area contributed by atoms with E-state index in [-0.39, 0.29) is 12.7 Å². The summed E-state index contributed by atoms with van der Waals surface area (Å²) in [5.74, 6) is 2.05. The molecule has 7 heteroatoms. The summed E-state index contributed by atoms with van der Waals surface area (Å²) in [4.78, 5) is 17.0. The van der Waals surface area contributed by atoms with Gasteiger partial charge in [0.05, 0.1) is 16.7 Å². The number of hydrazone groups is 1. The van der Waals surface area contributed by atoms with Gasteiger partial charge in [-0.15, -0.1) is 0 Å². The van der Waals surface area contributed by atoms with Gasteiger partial charge >= 0.3 is 0 Å². The summed E-state index contributed by atoms with van der Waals surface area (Å²) in [6.45, 7) is 6.92. The molecule has 2 aromatic carbocycles. The van der Waals surface area contributed by atoms with E-state index in [1.807, 2.05) is 38.1 Å². The zero-order valence-corrected chi connectivity index (χ0v) is 15.4. The minimum atomic E-state index is -0.277. The van der Waals surface area contributed by atoms with E-state index < -0.39 is 0 Å². The summed E-state index contributed by atoms with van der Waals surface area (Å²) in [6.07, 6.45) is 0. The summed E-state index contributed by atoms with van der Waals surface area (Å²) >= 11 is 0. The highest BCUT2D eigenvalue weighted by Crippen LogP contribution is 2.32. The minimum Gasteiger partial charge on any atom is -0.454 e. The zero-order chi connectivity index (χ0) is 19.0. The molecule has 0 bridgehead atoms. The van der Waals surface area contributed by atoms with E-state index in [2.05, 4.69) is 27.0 Å². The van der Waals surface area contributed by atoms with Crippen molar-refractivity contribution in [1.82, 2.24) is 15.0 Å². The van der Waals surface area contributed by atoms with Crippen LogP contribution in [0.1, 0.15) is 35.6 Å². The number of nitrogens with zero attached hydrogens (tertiary/aromatic N) is 3. The van der Waals surface area contributed by atoms with E-state index in [0.717, 1.165) is 29.0 Å². The lowest BCUT2D eigenvalue weighted by molar-refractivity contribution is 0.0955. The monoisotopic (exact) mass is 364 g/mol. The molecule has 7 nitrogen and oxygen atoms in total. The molecule has 1 amide bonds. The Bertz CT molecular complexity index is 1070. The number of fused-ring (bicyclic) bond motifs is 2. The van der Waals surface area contributed by atoms with Crippen LogP contribution in [0.25, 0.3) is 11.0 Å². The Morgan fingerprint density at radius 1 is 1.19 bits per heavy atom. The number of benzene rings is 2. The number of imidazole rings is 1. The predicted octanol–water partition coefficient (Wildman–Crippen LogP) is 3.25. The van der Waals surface area contributed by atoms with E-state index in [0.29, 0.717) is 22.8 Å². The van der Waals surface area contributed by atoms with E-state index in [1.165, 1.54) is 0 Å². The fourth-order valence-corrected chi connectivity index (χ4v) is 3.18. The van der Waals surface area contributed by atoms with Crippen LogP contribution in [-0.2, 0) is 6.54 Å². The van der Waals surface area contributed by atoms with Gasteiger partial charge in [-0.05, 0) is 57.2 Å². The van der Waals surface area contributed by atoms with Crippen molar-refractivity contribution in [3.63, 3.8) is 0 Å². The first kappa shape index (κ1) is 17.1. The normalized spacial score (nSPS) is 13.2. The molecule has 0 spiro atoms. The summed E-state index contributed by atoms with van der Waals surface area (Å²) in [6, 6.07) is 11.1. The van der Waals surface area contributed by atoms with E-state index in [9.17, 15) is 4.79 Å². The fraction of sp³-hybridized carbons (Fsp3) is 0.250. The van der Waals surface area contributed by atoms with Gasteiger partial charge in [0.15, 0.2) is 11.5 Å². The Kier molecular flexibility index (Phi) is 4.27. The Morgan fingerprint density at radius 3 is 2.78 bits per heavy atom. The molecule has 1 N–H and O–H groups in total. The molecule has 3 aromatic rings. The molecular formula is C20H20N4O3. The standard InChI is InChI=1S/C20H20N4O3/c1-4-24-13(3)21-16-9-15(5-7-17(16)24)20(25)23-22-12(2)14-6-8-18-19(10-14)27-11-26-18/h5-10H,4,11H2,1-3H3,(H,23,25). The van der Waals surface area contributed by atoms with Gasteiger partial charge in [-0.1, -0.05) is 0 Å². The van der Waals surface area contributed by atoms with Gasteiger partial charge in [-0.25, -0.2) is 10.4 Å². The van der Waals surface area contributed by atoms with Crippen molar-refractivity contribution in [3.8, 4) is 11.5 Å². The third kappa shape index (κ3) is 3.12. The van der Waals surface area contributed by atoms with Crippen LogP contribution < -0.4 is 14.9 Å². The topological polar surface area (TPSA) is 77.7 Å². The highest BCUT2D eigenvalue weighted by Gasteiger charge is 2.15. The molecule has 27 heavy (non-hydrogen) atoms. The molecule has 0 unspecified atom stereocenters.